The van der Waals surface area contributed by atoms with Crippen LogP contribution in [-0.4, -0.2) is 36.2 Å². The van der Waals surface area contributed by atoms with Gasteiger partial charge in [0.15, 0.2) is 0 Å². The molecule has 0 saturated carbocycles. The summed E-state index contributed by atoms with van der Waals surface area (Å²) in [5, 5.41) is 3.95. The molecule has 0 aliphatic carbocycles. The van der Waals surface area contributed by atoms with Gasteiger partial charge in [-0.1, -0.05) is 18.2 Å². The van der Waals surface area contributed by atoms with Gasteiger partial charge in [-0.05, 0) is 36.4 Å². The number of aromatic amines is 1. The molecule has 2 aromatic carbocycles. The number of fused-ring (bicyclic) bond motifs is 2. The highest BCUT2D eigenvalue weighted by atomic mass is 16.2. The fourth-order valence-electron chi connectivity index (χ4n) is 2.92. The highest BCUT2D eigenvalue weighted by Gasteiger charge is 2.23. The first-order chi connectivity index (χ1) is 12.1. The van der Waals surface area contributed by atoms with Crippen molar-refractivity contribution in [3.8, 4) is 0 Å². The van der Waals surface area contributed by atoms with Crippen LogP contribution in [0.3, 0.4) is 0 Å². The third kappa shape index (κ3) is 2.92. The van der Waals surface area contributed by atoms with E-state index in [1.165, 1.54) is 0 Å². The van der Waals surface area contributed by atoms with Crippen LogP contribution >= 0.6 is 0 Å². The van der Waals surface area contributed by atoms with Crippen molar-refractivity contribution in [1.29, 1.82) is 0 Å². The zero-order chi connectivity index (χ0) is 17.4. The summed E-state index contributed by atoms with van der Waals surface area (Å²) in [6.07, 6.45) is 3.67. The molecule has 5 heteroatoms. The molecule has 0 spiro atoms. The van der Waals surface area contributed by atoms with Crippen molar-refractivity contribution in [2.45, 2.75) is 0 Å². The standard InChI is InChI=1S/C20H18N4O/c1-24(2)12-21-14-7-8-18-13(9-14)10-15(22-18)11-17-16-5-3-4-6-19(16)23-20(17)25/h3-12,22H,1-2H3,(H,23,25). The summed E-state index contributed by atoms with van der Waals surface area (Å²) in [5.74, 6) is -0.0730. The first-order valence-electron chi connectivity index (χ1n) is 8.06. The number of nitrogens with one attached hydrogen (secondary N) is 2. The van der Waals surface area contributed by atoms with Crippen LogP contribution in [0.1, 0.15) is 11.3 Å². The van der Waals surface area contributed by atoms with Crippen LogP contribution in [-0.2, 0) is 4.79 Å². The number of anilines is 1. The molecule has 0 unspecified atom stereocenters. The number of aliphatic imine (C=N–C) groups is 1. The Balaban J connectivity index is 1.72. The quantitative estimate of drug-likeness (QED) is 0.435. The normalized spacial score (nSPS) is 15.1. The largest absolute Gasteiger partial charge is 0.369 e. The van der Waals surface area contributed by atoms with Crippen LogP contribution in [0.25, 0.3) is 22.6 Å². The van der Waals surface area contributed by atoms with Crippen molar-refractivity contribution in [2.75, 3.05) is 19.4 Å². The van der Waals surface area contributed by atoms with Gasteiger partial charge >= 0.3 is 0 Å². The second-order valence-corrected chi connectivity index (χ2v) is 6.26. The minimum atomic E-state index is -0.0730. The van der Waals surface area contributed by atoms with E-state index >= 15 is 0 Å². The van der Waals surface area contributed by atoms with Crippen molar-refractivity contribution >= 4 is 46.2 Å². The zero-order valence-electron chi connectivity index (χ0n) is 14.1. The smallest absolute Gasteiger partial charge is 0.256 e. The molecule has 0 fully saturated rings. The Kier molecular flexibility index (Phi) is 3.61. The van der Waals surface area contributed by atoms with Crippen molar-refractivity contribution in [2.24, 2.45) is 4.99 Å². The molecule has 1 aliphatic heterocycles. The molecule has 3 aromatic rings. The van der Waals surface area contributed by atoms with Crippen LogP contribution < -0.4 is 5.32 Å². The summed E-state index contributed by atoms with van der Waals surface area (Å²) in [5.41, 5.74) is 5.27. The summed E-state index contributed by atoms with van der Waals surface area (Å²) >= 11 is 0. The van der Waals surface area contributed by atoms with E-state index in [2.05, 4.69) is 15.3 Å². The Hall–Kier alpha value is -3.34. The van der Waals surface area contributed by atoms with E-state index in [1.54, 1.807) is 6.34 Å². The molecule has 124 valence electrons. The van der Waals surface area contributed by atoms with Crippen LogP contribution in [0, 0.1) is 0 Å². The molecular weight excluding hydrogens is 312 g/mol. The topological polar surface area (TPSA) is 60.5 Å². The third-order valence-electron chi connectivity index (χ3n) is 4.07. The third-order valence-corrected chi connectivity index (χ3v) is 4.07. The molecule has 1 aliphatic rings. The van der Waals surface area contributed by atoms with Crippen molar-refractivity contribution < 1.29 is 4.79 Å². The second kappa shape index (κ2) is 5.94. The Morgan fingerprint density at radius 2 is 1.92 bits per heavy atom. The Morgan fingerprint density at radius 3 is 2.76 bits per heavy atom. The van der Waals surface area contributed by atoms with E-state index < -0.39 is 0 Å². The number of carbonyl (C=O) groups excluding carboxylic acids is 1. The number of hydrogen-bond donors (Lipinski definition) is 2. The highest BCUT2D eigenvalue weighted by molar-refractivity contribution is 6.34. The molecule has 1 aromatic heterocycles. The fraction of sp³-hybridized carbons (Fsp3) is 0.100. The number of H-pyrrole nitrogens is 1. The van der Waals surface area contributed by atoms with Crippen LogP contribution in [0.15, 0.2) is 53.5 Å². The first-order valence-corrected chi connectivity index (χ1v) is 8.06. The second-order valence-electron chi connectivity index (χ2n) is 6.26. The van der Waals surface area contributed by atoms with Gasteiger partial charge in [-0.3, -0.25) is 4.79 Å². The van der Waals surface area contributed by atoms with E-state index in [-0.39, 0.29) is 5.91 Å². The van der Waals surface area contributed by atoms with Gasteiger partial charge in [0.1, 0.15) is 0 Å². The van der Waals surface area contributed by atoms with E-state index in [9.17, 15) is 4.79 Å². The monoisotopic (exact) mass is 330 g/mol. The molecule has 0 saturated heterocycles. The van der Waals surface area contributed by atoms with Gasteiger partial charge < -0.3 is 15.2 Å². The van der Waals surface area contributed by atoms with Gasteiger partial charge in [0, 0.05) is 41.9 Å². The Labute approximate surface area is 145 Å². The van der Waals surface area contributed by atoms with E-state index in [0.29, 0.717) is 5.57 Å². The number of amides is 1. The van der Waals surface area contributed by atoms with Crippen LogP contribution in [0.5, 0.6) is 0 Å². The van der Waals surface area contributed by atoms with Crippen LogP contribution in [0.2, 0.25) is 0 Å². The molecule has 2 heterocycles. The predicted octanol–water partition coefficient (Wildman–Crippen LogP) is 3.88. The molecule has 25 heavy (non-hydrogen) atoms. The van der Waals surface area contributed by atoms with Crippen molar-refractivity contribution in [3.05, 3.63) is 59.8 Å². The minimum absolute atomic E-state index is 0.0730. The first kappa shape index (κ1) is 15.2. The molecule has 0 atom stereocenters. The maximum atomic E-state index is 12.2. The van der Waals surface area contributed by atoms with Crippen molar-refractivity contribution in [3.63, 3.8) is 0 Å². The lowest BCUT2D eigenvalue weighted by Crippen LogP contribution is -2.06. The molecule has 2 N–H and O–H groups in total. The molecule has 5 nitrogen and oxygen atoms in total. The predicted molar refractivity (Wildman–Crippen MR) is 103 cm³/mol. The lowest BCUT2D eigenvalue weighted by atomic mass is 10.1. The summed E-state index contributed by atoms with van der Waals surface area (Å²) in [6.45, 7) is 0. The number of carbonyl (C=O) groups is 1. The van der Waals surface area contributed by atoms with E-state index in [4.69, 9.17) is 0 Å². The summed E-state index contributed by atoms with van der Waals surface area (Å²) in [4.78, 5) is 21.9. The highest BCUT2D eigenvalue weighted by Crippen LogP contribution is 2.33. The molecule has 0 bridgehead atoms. The molecule has 4 rings (SSSR count). The van der Waals surface area contributed by atoms with Crippen LogP contribution in [0.4, 0.5) is 11.4 Å². The Bertz CT molecular complexity index is 1030. The lowest BCUT2D eigenvalue weighted by molar-refractivity contribution is -0.110. The van der Waals surface area contributed by atoms with E-state index in [0.717, 1.165) is 33.5 Å². The van der Waals surface area contributed by atoms with Gasteiger partial charge in [0.2, 0.25) is 0 Å². The van der Waals surface area contributed by atoms with E-state index in [1.807, 2.05) is 73.6 Å². The number of benzene rings is 2. The number of para-hydroxylation sites is 1. The lowest BCUT2D eigenvalue weighted by Gasteiger charge is -2.02. The molecule has 0 radical (unpaired) electrons. The maximum absolute atomic E-state index is 12.2. The maximum Gasteiger partial charge on any atom is 0.256 e. The molecule has 1 amide bonds. The number of rotatable bonds is 3. The van der Waals surface area contributed by atoms with Gasteiger partial charge in [-0.25, -0.2) is 4.99 Å². The minimum Gasteiger partial charge on any atom is -0.369 e. The average Bonchev–Trinajstić information content (AvgIpc) is 3.13. The fourth-order valence-corrected chi connectivity index (χ4v) is 2.92. The average molecular weight is 330 g/mol. The van der Waals surface area contributed by atoms with Gasteiger partial charge in [-0.15, -0.1) is 0 Å². The molecular formula is C20H18N4O. The summed E-state index contributed by atoms with van der Waals surface area (Å²) in [6, 6.07) is 15.7. The number of nitrogens with zero attached hydrogens (tertiary/aromatic N) is 2. The number of hydrogen-bond acceptors (Lipinski definition) is 2. The Morgan fingerprint density at radius 1 is 1.08 bits per heavy atom. The van der Waals surface area contributed by atoms with Gasteiger partial charge in [-0.2, -0.15) is 0 Å². The van der Waals surface area contributed by atoms with Crippen molar-refractivity contribution in [1.82, 2.24) is 9.88 Å². The SMILES string of the molecule is CN(C)C=Nc1ccc2[nH]c(C=C3C(=O)Nc4ccccc43)cc2c1. The number of aromatic nitrogens is 1. The van der Waals surface area contributed by atoms with Gasteiger partial charge in [0.25, 0.3) is 5.91 Å². The summed E-state index contributed by atoms with van der Waals surface area (Å²) in [7, 11) is 3.88. The van der Waals surface area contributed by atoms with Gasteiger partial charge in [0.05, 0.1) is 17.6 Å². The zero-order valence-corrected chi connectivity index (χ0v) is 14.1. The summed E-state index contributed by atoms with van der Waals surface area (Å²) < 4.78 is 0.